The fourth-order valence-corrected chi connectivity index (χ4v) is 3.25. The maximum Gasteiger partial charge on any atom is 0.332 e. The molecular formula is C20H19N7O3. The molecule has 3 heterocycles. The van der Waals surface area contributed by atoms with Crippen molar-refractivity contribution in [1.29, 1.82) is 0 Å². The molecule has 4 rings (SSSR count). The molecule has 10 heteroatoms. The Morgan fingerprint density at radius 3 is 2.67 bits per heavy atom. The zero-order valence-corrected chi connectivity index (χ0v) is 16.7. The third-order valence-corrected chi connectivity index (χ3v) is 4.75. The van der Waals surface area contributed by atoms with E-state index in [4.69, 9.17) is 0 Å². The van der Waals surface area contributed by atoms with Crippen molar-refractivity contribution < 1.29 is 4.79 Å². The van der Waals surface area contributed by atoms with Crippen molar-refractivity contribution in [1.82, 2.24) is 28.7 Å². The molecule has 0 atom stereocenters. The van der Waals surface area contributed by atoms with Crippen molar-refractivity contribution in [3.63, 3.8) is 0 Å². The van der Waals surface area contributed by atoms with Gasteiger partial charge in [0.25, 0.3) is 5.56 Å². The van der Waals surface area contributed by atoms with E-state index in [0.717, 1.165) is 15.8 Å². The summed E-state index contributed by atoms with van der Waals surface area (Å²) in [4.78, 5) is 49.7. The van der Waals surface area contributed by atoms with Crippen LogP contribution in [0.15, 0.2) is 52.4 Å². The molecule has 3 aromatic heterocycles. The van der Waals surface area contributed by atoms with Gasteiger partial charge in [-0.3, -0.25) is 18.7 Å². The molecule has 0 bridgehead atoms. The first-order valence-corrected chi connectivity index (χ1v) is 9.16. The average molecular weight is 405 g/mol. The number of nitrogens with zero attached hydrogens (tertiary/aromatic N) is 6. The normalized spacial score (nSPS) is 11.0. The maximum atomic E-state index is 12.6. The molecule has 152 valence electrons. The fourth-order valence-electron chi connectivity index (χ4n) is 3.25. The molecule has 1 N–H and O–H groups in total. The van der Waals surface area contributed by atoms with E-state index in [2.05, 4.69) is 20.3 Å². The van der Waals surface area contributed by atoms with Gasteiger partial charge in [-0.15, -0.1) is 0 Å². The lowest BCUT2D eigenvalue weighted by atomic mass is 10.1. The molecule has 0 saturated heterocycles. The molecular weight excluding hydrogens is 386 g/mol. The summed E-state index contributed by atoms with van der Waals surface area (Å²) in [5.41, 5.74) is 1.65. The van der Waals surface area contributed by atoms with Crippen LogP contribution in [-0.4, -0.2) is 34.6 Å². The van der Waals surface area contributed by atoms with E-state index in [0.29, 0.717) is 11.5 Å². The van der Waals surface area contributed by atoms with Gasteiger partial charge in [-0.25, -0.2) is 19.7 Å². The Bertz CT molecular complexity index is 1400. The van der Waals surface area contributed by atoms with Crippen molar-refractivity contribution in [3.8, 4) is 11.3 Å². The van der Waals surface area contributed by atoms with Gasteiger partial charge in [-0.2, -0.15) is 0 Å². The van der Waals surface area contributed by atoms with Crippen LogP contribution in [0.4, 0.5) is 5.69 Å². The summed E-state index contributed by atoms with van der Waals surface area (Å²) in [5.74, 6) is 0.325. The van der Waals surface area contributed by atoms with Gasteiger partial charge in [0.15, 0.2) is 11.2 Å². The quantitative estimate of drug-likeness (QED) is 0.538. The van der Waals surface area contributed by atoms with Gasteiger partial charge in [0, 0.05) is 31.5 Å². The molecule has 0 spiro atoms. The number of rotatable bonds is 4. The fraction of sp³-hybridized carbons (Fsp3) is 0.200. The number of hydrogen-bond acceptors (Lipinski definition) is 6. The topological polar surface area (TPSA) is 117 Å². The summed E-state index contributed by atoms with van der Waals surface area (Å²) in [5, 5.41) is 2.82. The first-order chi connectivity index (χ1) is 14.3. The molecule has 0 radical (unpaired) electrons. The summed E-state index contributed by atoms with van der Waals surface area (Å²) in [6, 6.07) is 9.09. The van der Waals surface area contributed by atoms with Crippen LogP contribution in [-0.2, 0) is 25.4 Å². The standard InChI is InChI=1S/C20H19N7O3/c1-12-21-8-7-15(23-12)13-5-4-6-14(9-13)24-16(28)10-27-11-22-18-17(27)19(29)26(3)20(30)25(18)2/h4-9,11H,10H2,1-3H3,(H,24,28). The van der Waals surface area contributed by atoms with Gasteiger partial charge in [0.2, 0.25) is 5.91 Å². The van der Waals surface area contributed by atoms with Gasteiger partial charge in [0.05, 0.1) is 12.0 Å². The summed E-state index contributed by atoms with van der Waals surface area (Å²) in [6.45, 7) is 1.69. The molecule has 1 amide bonds. The Kier molecular flexibility index (Phi) is 4.74. The number of aromatic nitrogens is 6. The Morgan fingerprint density at radius 1 is 1.10 bits per heavy atom. The molecule has 0 aliphatic rings. The number of hydrogen-bond donors (Lipinski definition) is 1. The Morgan fingerprint density at radius 2 is 1.90 bits per heavy atom. The minimum absolute atomic E-state index is 0.124. The second kappa shape index (κ2) is 7.39. The second-order valence-corrected chi connectivity index (χ2v) is 6.87. The Labute approximate surface area is 170 Å². The SMILES string of the molecule is Cc1nccc(-c2cccc(NC(=O)Cn3cnc4c3c(=O)n(C)c(=O)n4C)c2)n1. The van der Waals surface area contributed by atoms with E-state index < -0.39 is 11.2 Å². The highest BCUT2D eigenvalue weighted by Gasteiger charge is 2.16. The third kappa shape index (κ3) is 3.39. The van der Waals surface area contributed by atoms with Crippen LogP contribution in [0.2, 0.25) is 0 Å². The number of fused-ring (bicyclic) bond motifs is 1. The van der Waals surface area contributed by atoms with Gasteiger partial charge in [0.1, 0.15) is 12.4 Å². The number of anilines is 1. The Hall–Kier alpha value is -4.08. The molecule has 1 aromatic carbocycles. The van der Waals surface area contributed by atoms with Crippen LogP contribution in [0.1, 0.15) is 5.82 Å². The minimum atomic E-state index is -0.500. The summed E-state index contributed by atoms with van der Waals surface area (Å²) >= 11 is 0. The lowest BCUT2D eigenvalue weighted by molar-refractivity contribution is -0.116. The van der Waals surface area contributed by atoms with Crippen molar-refractivity contribution in [3.05, 3.63) is 69.5 Å². The minimum Gasteiger partial charge on any atom is -0.325 e. The number of amides is 1. The summed E-state index contributed by atoms with van der Waals surface area (Å²) in [6.07, 6.45) is 3.06. The number of imidazole rings is 1. The van der Waals surface area contributed by atoms with Gasteiger partial charge in [-0.05, 0) is 25.1 Å². The molecule has 0 saturated carbocycles. The van der Waals surface area contributed by atoms with Crippen molar-refractivity contribution in [2.24, 2.45) is 14.1 Å². The highest BCUT2D eigenvalue weighted by molar-refractivity contribution is 5.92. The zero-order chi connectivity index (χ0) is 21.4. The number of aryl methyl sites for hydroxylation is 2. The van der Waals surface area contributed by atoms with Gasteiger partial charge < -0.3 is 9.88 Å². The van der Waals surface area contributed by atoms with Gasteiger partial charge >= 0.3 is 5.69 Å². The zero-order valence-electron chi connectivity index (χ0n) is 16.7. The van der Waals surface area contributed by atoms with E-state index in [9.17, 15) is 14.4 Å². The molecule has 4 aromatic rings. The predicted molar refractivity (Wildman–Crippen MR) is 111 cm³/mol. The van der Waals surface area contributed by atoms with E-state index in [1.54, 1.807) is 18.3 Å². The van der Waals surface area contributed by atoms with Crippen LogP contribution >= 0.6 is 0 Å². The predicted octanol–water partition coefficient (Wildman–Crippen LogP) is 0.838. The smallest absolute Gasteiger partial charge is 0.325 e. The lowest BCUT2D eigenvalue weighted by Gasteiger charge is -2.09. The van der Waals surface area contributed by atoms with Crippen LogP contribution in [0, 0.1) is 6.92 Å². The number of nitrogens with one attached hydrogen (secondary N) is 1. The summed E-state index contributed by atoms with van der Waals surface area (Å²) < 4.78 is 3.70. The molecule has 0 fully saturated rings. The van der Waals surface area contributed by atoms with Crippen LogP contribution < -0.4 is 16.6 Å². The second-order valence-electron chi connectivity index (χ2n) is 6.87. The average Bonchev–Trinajstić information content (AvgIpc) is 3.14. The van der Waals surface area contributed by atoms with Crippen LogP contribution in [0.25, 0.3) is 22.4 Å². The number of benzene rings is 1. The molecule has 0 aliphatic heterocycles. The van der Waals surface area contributed by atoms with Crippen LogP contribution in [0.3, 0.4) is 0 Å². The Balaban J connectivity index is 1.60. The molecule has 10 nitrogen and oxygen atoms in total. The van der Waals surface area contributed by atoms with E-state index >= 15 is 0 Å². The van der Waals surface area contributed by atoms with Gasteiger partial charge in [-0.1, -0.05) is 12.1 Å². The third-order valence-electron chi connectivity index (χ3n) is 4.75. The lowest BCUT2D eigenvalue weighted by Crippen LogP contribution is -2.37. The highest BCUT2D eigenvalue weighted by Crippen LogP contribution is 2.20. The monoisotopic (exact) mass is 405 g/mol. The maximum absolute atomic E-state index is 12.6. The van der Waals surface area contributed by atoms with Crippen LogP contribution in [0.5, 0.6) is 0 Å². The van der Waals surface area contributed by atoms with Crippen molar-refractivity contribution in [2.75, 3.05) is 5.32 Å². The van der Waals surface area contributed by atoms with Crippen molar-refractivity contribution in [2.45, 2.75) is 13.5 Å². The first-order valence-electron chi connectivity index (χ1n) is 9.16. The molecule has 0 aliphatic carbocycles. The first kappa shape index (κ1) is 19.2. The van der Waals surface area contributed by atoms with E-state index in [-0.39, 0.29) is 23.6 Å². The highest BCUT2D eigenvalue weighted by atomic mass is 16.2. The van der Waals surface area contributed by atoms with E-state index in [1.807, 2.05) is 25.1 Å². The van der Waals surface area contributed by atoms with E-state index in [1.165, 1.54) is 29.6 Å². The molecule has 30 heavy (non-hydrogen) atoms. The summed E-state index contributed by atoms with van der Waals surface area (Å²) in [7, 11) is 2.92. The largest absolute Gasteiger partial charge is 0.332 e. The van der Waals surface area contributed by atoms with Crippen molar-refractivity contribution >= 4 is 22.8 Å². The number of carbonyl (C=O) groups is 1. The number of carbonyl (C=O) groups excluding carboxylic acids is 1. The molecule has 0 unspecified atom stereocenters.